The molecule has 1 N–H and O–H groups in total. The zero-order chi connectivity index (χ0) is 17.3. The first-order valence-corrected chi connectivity index (χ1v) is 8.88. The SMILES string of the molecule is COc1cc(C)c(C)cc1S(=O)(=O)NCc1nc2ccccc2o1. The lowest BCUT2D eigenvalue weighted by Crippen LogP contribution is -2.24. The highest BCUT2D eigenvalue weighted by Gasteiger charge is 2.21. The Bertz CT molecular complexity index is 960. The molecule has 0 aliphatic rings. The summed E-state index contributed by atoms with van der Waals surface area (Å²) in [4.78, 5) is 4.36. The Labute approximate surface area is 140 Å². The first kappa shape index (κ1) is 16.5. The summed E-state index contributed by atoms with van der Waals surface area (Å²) in [5.41, 5.74) is 3.15. The van der Waals surface area contributed by atoms with E-state index in [0.717, 1.165) is 11.1 Å². The summed E-state index contributed by atoms with van der Waals surface area (Å²) < 4.78 is 38.5. The molecule has 24 heavy (non-hydrogen) atoms. The highest BCUT2D eigenvalue weighted by molar-refractivity contribution is 7.89. The van der Waals surface area contributed by atoms with Crippen LogP contribution in [0, 0.1) is 13.8 Å². The fourth-order valence-electron chi connectivity index (χ4n) is 2.36. The Hall–Kier alpha value is -2.38. The molecule has 0 saturated heterocycles. The largest absolute Gasteiger partial charge is 0.495 e. The van der Waals surface area contributed by atoms with Gasteiger partial charge in [0.2, 0.25) is 15.9 Å². The summed E-state index contributed by atoms with van der Waals surface area (Å²) in [6.07, 6.45) is 0. The van der Waals surface area contributed by atoms with Gasteiger partial charge < -0.3 is 9.15 Å². The predicted molar refractivity (Wildman–Crippen MR) is 90.5 cm³/mol. The summed E-state index contributed by atoms with van der Waals surface area (Å²) in [5, 5.41) is 0. The molecule has 3 aromatic rings. The molecular formula is C17H18N2O4S. The highest BCUT2D eigenvalue weighted by atomic mass is 32.2. The van der Waals surface area contributed by atoms with Crippen molar-refractivity contribution in [2.75, 3.05) is 7.11 Å². The monoisotopic (exact) mass is 346 g/mol. The van der Waals surface area contributed by atoms with Gasteiger partial charge in [-0.25, -0.2) is 18.1 Å². The number of methoxy groups -OCH3 is 1. The molecule has 0 spiro atoms. The normalized spacial score (nSPS) is 11.8. The summed E-state index contributed by atoms with van der Waals surface area (Å²) >= 11 is 0. The molecule has 0 aliphatic carbocycles. The number of oxazole rings is 1. The number of para-hydroxylation sites is 2. The van der Waals surface area contributed by atoms with E-state index in [2.05, 4.69) is 9.71 Å². The molecule has 126 valence electrons. The zero-order valence-electron chi connectivity index (χ0n) is 13.7. The molecule has 0 atom stereocenters. The van der Waals surface area contributed by atoms with Crippen molar-refractivity contribution in [3.05, 3.63) is 53.4 Å². The molecule has 1 heterocycles. The van der Waals surface area contributed by atoms with Gasteiger partial charge in [0.15, 0.2) is 5.58 Å². The molecule has 6 nitrogen and oxygen atoms in total. The van der Waals surface area contributed by atoms with Crippen molar-refractivity contribution in [2.24, 2.45) is 0 Å². The van der Waals surface area contributed by atoms with Crippen LogP contribution < -0.4 is 9.46 Å². The molecule has 7 heteroatoms. The van der Waals surface area contributed by atoms with Gasteiger partial charge in [0.05, 0.1) is 13.7 Å². The van der Waals surface area contributed by atoms with Crippen molar-refractivity contribution in [1.82, 2.24) is 9.71 Å². The number of aromatic nitrogens is 1. The number of nitrogens with zero attached hydrogens (tertiary/aromatic N) is 1. The molecular weight excluding hydrogens is 328 g/mol. The van der Waals surface area contributed by atoms with Crippen molar-refractivity contribution >= 4 is 21.1 Å². The van der Waals surface area contributed by atoms with Crippen LogP contribution in [0.4, 0.5) is 0 Å². The summed E-state index contributed by atoms with van der Waals surface area (Å²) in [5.74, 6) is 0.616. The van der Waals surface area contributed by atoms with Gasteiger partial charge in [-0.3, -0.25) is 0 Å². The van der Waals surface area contributed by atoms with Gasteiger partial charge in [-0.05, 0) is 49.2 Å². The van der Waals surface area contributed by atoms with E-state index in [1.807, 2.05) is 32.0 Å². The maximum absolute atomic E-state index is 12.6. The van der Waals surface area contributed by atoms with E-state index in [4.69, 9.17) is 9.15 Å². The van der Waals surface area contributed by atoms with Crippen LogP contribution in [0.15, 0.2) is 45.7 Å². The molecule has 0 amide bonds. The predicted octanol–water partition coefficient (Wildman–Crippen LogP) is 2.93. The van der Waals surface area contributed by atoms with Crippen LogP contribution in [0.25, 0.3) is 11.1 Å². The average molecular weight is 346 g/mol. The number of hydrogen-bond donors (Lipinski definition) is 1. The molecule has 3 rings (SSSR count). The molecule has 0 unspecified atom stereocenters. The van der Waals surface area contributed by atoms with Crippen molar-refractivity contribution < 1.29 is 17.6 Å². The molecule has 0 saturated carbocycles. The second kappa shape index (κ2) is 6.26. The minimum absolute atomic E-state index is 0.0346. The Balaban J connectivity index is 1.87. The lowest BCUT2D eigenvalue weighted by molar-refractivity contribution is 0.401. The Kier molecular flexibility index (Phi) is 4.29. The minimum atomic E-state index is -3.75. The average Bonchev–Trinajstić information content (AvgIpc) is 2.98. The molecule has 1 aromatic heterocycles. The van der Waals surface area contributed by atoms with Crippen molar-refractivity contribution in [3.8, 4) is 5.75 Å². The van der Waals surface area contributed by atoms with Crippen molar-refractivity contribution in [3.63, 3.8) is 0 Å². The number of nitrogens with one attached hydrogen (secondary N) is 1. The summed E-state index contributed by atoms with van der Waals surface area (Å²) in [6, 6.07) is 10.6. The van der Waals surface area contributed by atoms with Crippen LogP contribution in [-0.2, 0) is 16.6 Å². The number of hydrogen-bond acceptors (Lipinski definition) is 5. The number of rotatable bonds is 5. The van der Waals surface area contributed by atoms with Gasteiger partial charge >= 0.3 is 0 Å². The zero-order valence-corrected chi connectivity index (χ0v) is 14.5. The Morgan fingerprint density at radius 2 is 1.88 bits per heavy atom. The lowest BCUT2D eigenvalue weighted by atomic mass is 10.1. The first-order chi connectivity index (χ1) is 11.4. The summed E-state index contributed by atoms with van der Waals surface area (Å²) in [7, 11) is -2.30. The van der Waals surface area contributed by atoms with E-state index in [-0.39, 0.29) is 11.4 Å². The summed E-state index contributed by atoms with van der Waals surface area (Å²) in [6.45, 7) is 3.72. The quantitative estimate of drug-likeness (QED) is 0.768. The van der Waals surface area contributed by atoms with E-state index < -0.39 is 10.0 Å². The Morgan fingerprint density at radius 1 is 1.17 bits per heavy atom. The van der Waals surface area contributed by atoms with Gasteiger partial charge in [0.25, 0.3) is 0 Å². The maximum Gasteiger partial charge on any atom is 0.244 e. The highest BCUT2D eigenvalue weighted by Crippen LogP contribution is 2.27. The van der Waals surface area contributed by atoms with E-state index in [1.54, 1.807) is 18.2 Å². The van der Waals surface area contributed by atoms with Crippen LogP contribution in [-0.4, -0.2) is 20.5 Å². The van der Waals surface area contributed by atoms with E-state index in [0.29, 0.717) is 22.7 Å². The van der Waals surface area contributed by atoms with E-state index >= 15 is 0 Å². The first-order valence-electron chi connectivity index (χ1n) is 7.40. The third-order valence-corrected chi connectivity index (χ3v) is 5.24. The van der Waals surface area contributed by atoms with Gasteiger partial charge in [-0.1, -0.05) is 12.1 Å². The number of ether oxygens (including phenoxy) is 1. The van der Waals surface area contributed by atoms with Crippen LogP contribution in [0.2, 0.25) is 0 Å². The van der Waals surface area contributed by atoms with Crippen LogP contribution in [0.3, 0.4) is 0 Å². The van der Waals surface area contributed by atoms with E-state index in [9.17, 15) is 8.42 Å². The third-order valence-electron chi connectivity index (χ3n) is 3.82. The van der Waals surface area contributed by atoms with Crippen LogP contribution in [0.1, 0.15) is 17.0 Å². The second-order valence-corrected chi connectivity index (χ2v) is 7.22. The number of aryl methyl sites for hydroxylation is 2. The van der Waals surface area contributed by atoms with Gasteiger partial charge in [0, 0.05) is 0 Å². The minimum Gasteiger partial charge on any atom is -0.495 e. The van der Waals surface area contributed by atoms with Crippen LogP contribution >= 0.6 is 0 Å². The van der Waals surface area contributed by atoms with Gasteiger partial charge in [-0.15, -0.1) is 0 Å². The number of fused-ring (bicyclic) bond motifs is 1. The maximum atomic E-state index is 12.6. The fraction of sp³-hybridized carbons (Fsp3) is 0.235. The number of sulfonamides is 1. The van der Waals surface area contributed by atoms with Crippen molar-refractivity contribution in [1.29, 1.82) is 0 Å². The lowest BCUT2D eigenvalue weighted by Gasteiger charge is -2.12. The van der Waals surface area contributed by atoms with Crippen molar-refractivity contribution in [2.45, 2.75) is 25.3 Å². The molecule has 0 bridgehead atoms. The molecule has 0 aliphatic heterocycles. The third kappa shape index (κ3) is 3.13. The van der Waals surface area contributed by atoms with Gasteiger partial charge in [-0.2, -0.15) is 0 Å². The van der Waals surface area contributed by atoms with Crippen LogP contribution in [0.5, 0.6) is 5.75 Å². The van der Waals surface area contributed by atoms with E-state index in [1.165, 1.54) is 7.11 Å². The molecule has 0 fully saturated rings. The fourth-order valence-corrected chi connectivity index (χ4v) is 3.57. The standard InChI is InChI=1S/C17H18N2O4S/c1-11-8-15(22-3)16(9-12(11)2)24(20,21)18-10-17-19-13-6-4-5-7-14(13)23-17/h4-9,18H,10H2,1-3H3. The Morgan fingerprint density at radius 3 is 2.58 bits per heavy atom. The topological polar surface area (TPSA) is 81.4 Å². The molecule has 2 aromatic carbocycles. The number of benzene rings is 2. The second-order valence-electron chi connectivity index (χ2n) is 5.49. The smallest absolute Gasteiger partial charge is 0.244 e. The molecule has 0 radical (unpaired) electrons. The van der Waals surface area contributed by atoms with Gasteiger partial charge in [0.1, 0.15) is 16.2 Å².